The molecule has 1 saturated heterocycles. The van der Waals surface area contributed by atoms with Gasteiger partial charge >= 0.3 is 0 Å². The minimum Gasteiger partial charge on any atom is -0.337 e. The lowest BCUT2D eigenvalue weighted by Gasteiger charge is -2.34. The van der Waals surface area contributed by atoms with Crippen LogP contribution in [0.25, 0.3) is 0 Å². The highest BCUT2D eigenvalue weighted by Crippen LogP contribution is 2.29. The zero-order valence-corrected chi connectivity index (χ0v) is 13.0. The van der Waals surface area contributed by atoms with Gasteiger partial charge in [0, 0.05) is 13.1 Å². The van der Waals surface area contributed by atoms with E-state index in [0.717, 1.165) is 58.2 Å². The van der Waals surface area contributed by atoms with Gasteiger partial charge in [0.25, 0.3) is 0 Å². The Kier molecular flexibility index (Phi) is 4.29. The molecule has 0 radical (unpaired) electrons. The van der Waals surface area contributed by atoms with E-state index in [1.807, 2.05) is 0 Å². The molecule has 1 N–H and O–H groups in total. The van der Waals surface area contributed by atoms with Gasteiger partial charge in [0.1, 0.15) is 0 Å². The third kappa shape index (κ3) is 2.84. The fourth-order valence-electron chi connectivity index (χ4n) is 3.91. The van der Waals surface area contributed by atoms with Gasteiger partial charge < -0.3 is 10.2 Å². The van der Waals surface area contributed by atoms with Gasteiger partial charge in [-0.15, -0.1) is 0 Å². The predicted molar refractivity (Wildman–Crippen MR) is 85.1 cm³/mol. The van der Waals surface area contributed by atoms with E-state index in [1.165, 1.54) is 11.1 Å². The Balaban J connectivity index is 1.81. The van der Waals surface area contributed by atoms with Crippen LogP contribution in [0, 0.1) is 0 Å². The lowest BCUT2D eigenvalue weighted by molar-refractivity contribution is -0.138. The average molecular weight is 286 g/mol. The summed E-state index contributed by atoms with van der Waals surface area (Å²) >= 11 is 0. The van der Waals surface area contributed by atoms with Crippen molar-refractivity contribution in [1.29, 1.82) is 0 Å². The number of fused-ring (bicyclic) bond motifs is 1. The molecule has 1 fully saturated rings. The molecule has 2 aliphatic rings. The van der Waals surface area contributed by atoms with E-state index in [1.54, 1.807) is 0 Å². The van der Waals surface area contributed by atoms with Gasteiger partial charge in [-0.2, -0.15) is 0 Å². The van der Waals surface area contributed by atoms with Gasteiger partial charge in [0.05, 0.1) is 5.54 Å². The van der Waals surface area contributed by atoms with Crippen molar-refractivity contribution in [3.8, 4) is 0 Å². The van der Waals surface area contributed by atoms with Gasteiger partial charge in [-0.3, -0.25) is 4.79 Å². The first-order valence-electron chi connectivity index (χ1n) is 8.36. The number of aryl methyl sites for hydroxylation is 1. The van der Waals surface area contributed by atoms with Crippen LogP contribution in [0.3, 0.4) is 0 Å². The number of carbonyl (C=O) groups excluding carboxylic acids is 1. The first kappa shape index (κ1) is 14.6. The molecule has 1 unspecified atom stereocenters. The zero-order valence-electron chi connectivity index (χ0n) is 13.0. The minimum atomic E-state index is -0.284. The molecule has 1 atom stereocenters. The van der Waals surface area contributed by atoms with Crippen molar-refractivity contribution in [2.75, 3.05) is 13.1 Å². The van der Waals surface area contributed by atoms with Crippen LogP contribution in [0.4, 0.5) is 0 Å². The Bertz CT molecular complexity index is 506. The maximum absolute atomic E-state index is 13.1. The largest absolute Gasteiger partial charge is 0.337 e. The zero-order chi connectivity index (χ0) is 14.7. The number of nitrogens with zero attached hydrogens (tertiary/aromatic N) is 1. The summed E-state index contributed by atoms with van der Waals surface area (Å²) in [6.45, 7) is 4.83. The van der Waals surface area contributed by atoms with Crippen molar-refractivity contribution in [2.45, 2.75) is 57.5 Å². The Morgan fingerprint density at radius 3 is 2.81 bits per heavy atom. The van der Waals surface area contributed by atoms with Crippen molar-refractivity contribution in [3.05, 3.63) is 35.4 Å². The Morgan fingerprint density at radius 1 is 1.29 bits per heavy atom. The number of carbonyl (C=O) groups is 1. The van der Waals surface area contributed by atoms with E-state index in [-0.39, 0.29) is 5.54 Å². The molecule has 1 aromatic rings. The van der Waals surface area contributed by atoms with E-state index in [2.05, 4.69) is 41.4 Å². The normalized spacial score (nSPS) is 25.5. The Hall–Kier alpha value is -1.35. The quantitative estimate of drug-likeness (QED) is 0.926. The van der Waals surface area contributed by atoms with E-state index in [9.17, 15) is 4.79 Å². The van der Waals surface area contributed by atoms with Crippen LogP contribution in [-0.2, 0) is 17.8 Å². The van der Waals surface area contributed by atoms with Gasteiger partial charge in [0.15, 0.2) is 0 Å². The summed E-state index contributed by atoms with van der Waals surface area (Å²) in [5, 5.41) is 3.52. The number of rotatable bonds is 3. The number of hydrogen-bond acceptors (Lipinski definition) is 2. The molecule has 114 valence electrons. The fraction of sp³-hybridized carbons (Fsp3) is 0.611. The maximum Gasteiger partial charge on any atom is 0.243 e. The van der Waals surface area contributed by atoms with E-state index in [4.69, 9.17) is 0 Å². The molecule has 1 aromatic carbocycles. The van der Waals surface area contributed by atoms with E-state index < -0.39 is 0 Å². The average Bonchev–Trinajstić information content (AvgIpc) is 2.86. The van der Waals surface area contributed by atoms with Crippen LogP contribution in [-0.4, -0.2) is 29.4 Å². The van der Waals surface area contributed by atoms with Crippen LogP contribution < -0.4 is 5.32 Å². The smallest absolute Gasteiger partial charge is 0.243 e. The second kappa shape index (κ2) is 6.18. The summed E-state index contributed by atoms with van der Waals surface area (Å²) in [7, 11) is 0. The van der Waals surface area contributed by atoms with Crippen LogP contribution in [0.5, 0.6) is 0 Å². The third-order valence-electron chi connectivity index (χ3n) is 4.97. The SMILES string of the molecule is CCCC1(C(=O)N2CCCc3ccccc3C2)CCCN1. The molecule has 2 heterocycles. The molecule has 0 bridgehead atoms. The summed E-state index contributed by atoms with van der Waals surface area (Å²) in [5.41, 5.74) is 2.46. The first-order chi connectivity index (χ1) is 10.2. The van der Waals surface area contributed by atoms with E-state index >= 15 is 0 Å². The minimum absolute atomic E-state index is 0.284. The summed E-state index contributed by atoms with van der Waals surface area (Å²) < 4.78 is 0. The number of benzene rings is 1. The summed E-state index contributed by atoms with van der Waals surface area (Å²) in [6, 6.07) is 8.57. The predicted octanol–water partition coefficient (Wildman–Crippen LogP) is 2.88. The van der Waals surface area contributed by atoms with Gasteiger partial charge in [-0.25, -0.2) is 0 Å². The number of hydrogen-bond donors (Lipinski definition) is 1. The summed E-state index contributed by atoms with van der Waals surface area (Å²) in [4.78, 5) is 15.2. The molecule has 3 heteroatoms. The molecule has 21 heavy (non-hydrogen) atoms. The maximum atomic E-state index is 13.1. The molecule has 0 aliphatic carbocycles. The molecule has 0 aromatic heterocycles. The highest BCUT2D eigenvalue weighted by molar-refractivity contribution is 5.87. The Morgan fingerprint density at radius 2 is 2.10 bits per heavy atom. The molecular formula is C18H26N2O. The molecule has 0 spiro atoms. The van der Waals surface area contributed by atoms with Crippen molar-refractivity contribution >= 4 is 5.91 Å². The summed E-state index contributed by atoms with van der Waals surface area (Å²) in [5.74, 6) is 0.332. The first-order valence-corrected chi connectivity index (χ1v) is 8.36. The second-order valence-corrected chi connectivity index (χ2v) is 6.46. The molecule has 0 saturated carbocycles. The van der Waals surface area contributed by atoms with Crippen molar-refractivity contribution in [3.63, 3.8) is 0 Å². The molecular weight excluding hydrogens is 260 g/mol. The highest BCUT2D eigenvalue weighted by Gasteiger charge is 2.42. The van der Waals surface area contributed by atoms with Gasteiger partial charge in [-0.1, -0.05) is 37.6 Å². The number of nitrogens with one attached hydrogen (secondary N) is 1. The number of amides is 1. The van der Waals surface area contributed by atoms with Crippen molar-refractivity contribution in [2.24, 2.45) is 0 Å². The third-order valence-corrected chi connectivity index (χ3v) is 4.97. The summed E-state index contributed by atoms with van der Waals surface area (Å²) in [6.07, 6.45) is 6.31. The lowest BCUT2D eigenvalue weighted by atomic mass is 9.90. The molecule has 3 rings (SSSR count). The standard InChI is InChI=1S/C18H26N2O/c1-2-10-18(11-6-12-19-18)17(21)20-13-5-9-15-7-3-4-8-16(15)14-20/h3-4,7-8,19H,2,5-6,9-14H2,1H3. The lowest BCUT2D eigenvalue weighted by Crippen LogP contribution is -2.54. The van der Waals surface area contributed by atoms with Gasteiger partial charge in [-0.05, 0) is 49.8 Å². The molecule has 3 nitrogen and oxygen atoms in total. The molecule has 1 amide bonds. The van der Waals surface area contributed by atoms with E-state index in [0.29, 0.717) is 5.91 Å². The van der Waals surface area contributed by atoms with Crippen molar-refractivity contribution < 1.29 is 4.79 Å². The van der Waals surface area contributed by atoms with Crippen LogP contribution in [0.1, 0.15) is 50.2 Å². The Labute approximate surface area is 127 Å². The second-order valence-electron chi connectivity index (χ2n) is 6.46. The van der Waals surface area contributed by atoms with Crippen LogP contribution in [0.2, 0.25) is 0 Å². The fourth-order valence-corrected chi connectivity index (χ4v) is 3.91. The molecule has 2 aliphatic heterocycles. The van der Waals surface area contributed by atoms with Gasteiger partial charge in [0.2, 0.25) is 5.91 Å². The van der Waals surface area contributed by atoms with Crippen LogP contribution >= 0.6 is 0 Å². The van der Waals surface area contributed by atoms with Crippen LogP contribution in [0.15, 0.2) is 24.3 Å². The highest BCUT2D eigenvalue weighted by atomic mass is 16.2. The monoisotopic (exact) mass is 286 g/mol. The topological polar surface area (TPSA) is 32.3 Å². The van der Waals surface area contributed by atoms with Crippen molar-refractivity contribution in [1.82, 2.24) is 10.2 Å².